The van der Waals surface area contributed by atoms with Crippen molar-refractivity contribution in [1.29, 1.82) is 0 Å². The minimum Gasteiger partial charge on any atom is -0.377 e. The zero-order chi connectivity index (χ0) is 23.6. The van der Waals surface area contributed by atoms with Crippen molar-refractivity contribution in [3.63, 3.8) is 0 Å². The highest BCUT2D eigenvalue weighted by Crippen LogP contribution is 2.40. The molecule has 2 nitrogen and oxygen atoms in total. The maximum absolute atomic E-state index is 2.35. The summed E-state index contributed by atoms with van der Waals surface area (Å²) in [6.45, 7) is 4.64. The molecule has 0 aromatic heterocycles. The molecule has 2 heteroatoms. The van der Waals surface area contributed by atoms with Crippen molar-refractivity contribution in [2.75, 3.05) is 38.0 Å². The molecule has 0 saturated heterocycles. The Kier molecular flexibility index (Phi) is 6.29. The predicted molar refractivity (Wildman–Crippen MR) is 145 cm³/mol. The third-order valence-electron chi connectivity index (χ3n) is 6.57. The van der Waals surface area contributed by atoms with Crippen molar-refractivity contribution in [2.45, 2.75) is 19.3 Å². The van der Waals surface area contributed by atoms with Gasteiger partial charge in [0.05, 0.1) is 0 Å². The predicted octanol–water partition coefficient (Wildman–Crippen LogP) is 7.48. The number of rotatable bonds is 6. The van der Waals surface area contributed by atoms with Crippen LogP contribution < -0.4 is 9.80 Å². The van der Waals surface area contributed by atoms with E-state index in [9.17, 15) is 0 Å². The molecule has 0 unspecified atom stereocenters. The summed E-state index contributed by atoms with van der Waals surface area (Å²) in [5.41, 5.74) is 9.95. The zero-order valence-corrected chi connectivity index (χ0v) is 20.6. The van der Waals surface area contributed by atoms with Gasteiger partial charge >= 0.3 is 0 Å². The molecule has 4 rings (SSSR count). The standard InChI is InChI=1S/C31H34N2/c1-31(2,25-17-19-27(29(21-25)32(3)4)23-13-9-7-10-14-23)26-18-20-28(30(22-26)33(5)6)24-15-11-8-12-16-24/h7-22H,1-6H3. The second-order valence-electron chi connectivity index (χ2n) is 9.61. The summed E-state index contributed by atoms with van der Waals surface area (Å²) >= 11 is 0. The van der Waals surface area contributed by atoms with E-state index in [2.05, 4.69) is 149 Å². The van der Waals surface area contributed by atoms with E-state index in [-0.39, 0.29) is 5.41 Å². The van der Waals surface area contributed by atoms with Crippen LogP contribution in [-0.4, -0.2) is 28.2 Å². The van der Waals surface area contributed by atoms with E-state index in [1.54, 1.807) is 0 Å². The fourth-order valence-electron chi connectivity index (χ4n) is 4.47. The van der Waals surface area contributed by atoms with Gasteiger partial charge in [-0.25, -0.2) is 0 Å². The molecule has 0 heterocycles. The molecule has 33 heavy (non-hydrogen) atoms. The molecule has 0 atom stereocenters. The van der Waals surface area contributed by atoms with E-state index in [1.807, 2.05) is 0 Å². The van der Waals surface area contributed by atoms with Crippen LogP contribution in [0.15, 0.2) is 97.1 Å². The molecule has 0 saturated carbocycles. The molecule has 0 aliphatic carbocycles. The Morgan fingerprint density at radius 1 is 0.485 bits per heavy atom. The molecule has 0 fully saturated rings. The van der Waals surface area contributed by atoms with E-state index in [0.29, 0.717) is 0 Å². The lowest BCUT2D eigenvalue weighted by atomic mass is 9.76. The Balaban J connectivity index is 1.80. The molecule has 4 aromatic carbocycles. The number of nitrogens with zero attached hydrogens (tertiary/aromatic N) is 2. The summed E-state index contributed by atoms with van der Waals surface area (Å²) < 4.78 is 0. The molecule has 0 spiro atoms. The fraction of sp³-hybridized carbons (Fsp3) is 0.226. The van der Waals surface area contributed by atoms with Crippen LogP contribution in [0.1, 0.15) is 25.0 Å². The van der Waals surface area contributed by atoms with Crippen LogP contribution in [0.25, 0.3) is 22.3 Å². The van der Waals surface area contributed by atoms with E-state index in [0.717, 1.165) is 0 Å². The first-order valence-electron chi connectivity index (χ1n) is 11.5. The first-order valence-corrected chi connectivity index (χ1v) is 11.5. The highest BCUT2D eigenvalue weighted by atomic mass is 15.1. The summed E-state index contributed by atoms with van der Waals surface area (Å²) in [5.74, 6) is 0. The molecule has 0 bridgehead atoms. The van der Waals surface area contributed by atoms with Crippen molar-refractivity contribution in [1.82, 2.24) is 0 Å². The second kappa shape index (κ2) is 9.15. The number of hydrogen-bond acceptors (Lipinski definition) is 2. The van der Waals surface area contributed by atoms with Gasteiger partial charge in [0.1, 0.15) is 0 Å². The Hall–Kier alpha value is -3.52. The van der Waals surface area contributed by atoms with Gasteiger partial charge in [-0.2, -0.15) is 0 Å². The van der Waals surface area contributed by atoms with Gasteiger partial charge in [-0.15, -0.1) is 0 Å². The SMILES string of the molecule is CN(C)c1cc(C(C)(C)c2ccc(-c3ccccc3)c(N(C)C)c2)ccc1-c1ccccc1. The van der Waals surface area contributed by atoms with Gasteiger partial charge in [-0.3, -0.25) is 0 Å². The Morgan fingerprint density at radius 3 is 1.18 bits per heavy atom. The van der Waals surface area contributed by atoms with E-state index < -0.39 is 0 Å². The van der Waals surface area contributed by atoms with Gasteiger partial charge in [-0.05, 0) is 34.4 Å². The average molecular weight is 435 g/mol. The van der Waals surface area contributed by atoms with Gasteiger partial charge < -0.3 is 9.80 Å². The molecular weight excluding hydrogens is 400 g/mol. The van der Waals surface area contributed by atoms with Gasteiger partial charge in [0.25, 0.3) is 0 Å². The summed E-state index contributed by atoms with van der Waals surface area (Å²) in [4.78, 5) is 4.43. The molecule has 4 aromatic rings. The molecule has 168 valence electrons. The first kappa shape index (κ1) is 22.7. The van der Waals surface area contributed by atoms with Crippen molar-refractivity contribution in [3.05, 3.63) is 108 Å². The van der Waals surface area contributed by atoms with Crippen LogP contribution in [-0.2, 0) is 5.41 Å². The van der Waals surface area contributed by atoms with Crippen molar-refractivity contribution >= 4 is 11.4 Å². The Bertz CT molecular complexity index is 1130. The lowest BCUT2D eigenvalue weighted by molar-refractivity contribution is 0.641. The van der Waals surface area contributed by atoms with Crippen LogP contribution in [0.2, 0.25) is 0 Å². The minimum absolute atomic E-state index is 0.139. The zero-order valence-electron chi connectivity index (χ0n) is 20.6. The lowest BCUT2D eigenvalue weighted by Crippen LogP contribution is -2.21. The molecule has 0 amide bonds. The summed E-state index contributed by atoms with van der Waals surface area (Å²) in [5, 5.41) is 0. The molecule has 0 radical (unpaired) electrons. The Morgan fingerprint density at radius 2 is 0.848 bits per heavy atom. The van der Waals surface area contributed by atoms with Crippen LogP contribution in [0, 0.1) is 0 Å². The normalized spacial score (nSPS) is 11.3. The smallest absolute Gasteiger partial charge is 0.0443 e. The van der Waals surface area contributed by atoms with Gasteiger partial charge in [0.2, 0.25) is 0 Å². The molecule has 0 aliphatic rings. The average Bonchev–Trinajstić information content (AvgIpc) is 2.84. The van der Waals surface area contributed by atoms with E-state index in [1.165, 1.54) is 44.8 Å². The van der Waals surface area contributed by atoms with Crippen LogP contribution in [0.3, 0.4) is 0 Å². The second-order valence-corrected chi connectivity index (χ2v) is 9.61. The van der Waals surface area contributed by atoms with Crippen molar-refractivity contribution in [3.8, 4) is 22.3 Å². The number of hydrogen-bond donors (Lipinski definition) is 0. The maximum atomic E-state index is 2.35. The number of benzene rings is 4. The largest absolute Gasteiger partial charge is 0.377 e. The third-order valence-corrected chi connectivity index (χ3v) is 6.57. The van der Waals surface area contributed by atoms with Crippen molar-refractivity contribution in [2.24, 2.45) is 0 Å². The van der Waals surface area contributed by atoms with E-state index >= 15 is 0 Å². The lowest BCUT2D eigenvalue weighted by Gasteiger charge is -2.30. The van der Waals surface area contributed by atoms with E-state index in [4.69, 9.17) is 0 Å². The fourth-order valence-corrected chi connectivity index (χ4v) is 4.47. The molecular formula is C31H34N2. The maximum Gasteiger partial charge on any atom is 0.0443 e. The quantitative estimate of drug-likeness (QED) is 0.310. The summed E-state index contributed by atoms with van der Waals surface area (Å²) in [6.07, 6.45) is 0. The minimum atomic E-state index is -0.139. The van der Waals surface area contributed by atoms with Gasteiger partial charge in [0, 0.05) is 56.1 Å². The van der Waals surface area contributed by atoms with Crippen LogP contribution >= 0.6 is 0 Å². The Labute approximate surface area is 199 Å². The van der Waals surface area contributed by atoms with Gasteiger partial charge in [0.15, 0.2) is 0 Å². The highest BCUT2D eigenvalue weighted by Gasteiger charge is 2.26. The molecule has 0 aliphatic heterocycles. The monoisotopic (exact) mass is 434 g/mol. The van der Waals surface area contributed by atoms with Gasteiger partial charge in [-0.1, -0.05) is 98.8 Å². The summed E-state index contributed by atoms with van der Waals surface area (Å²) in [7, 11) is 8.49. The van der Waals surface area contributed by atoms with Crippen LogP contribution in [0.5, 0.6) is 0 Å². The topological polar surface area (TPSA) is 6.48 Å². The van der Waals surface area contributed by atoms with Crippen molar-refractivity contribution < 1.29 is 0 Å². The summed E-state index contributed by atoms with van der Waals surface area (Å²) in [6, 6.07) is 35.1. The highest BCUT2D eigenvalue weighted by molar-refractivity contribution is 5.81. The first-order chi connectivity index (χ1) is 15.8. The van der Waals surface area contributed by atoms with Crippen LogP contribution in [0.4, 0.5) is 11.4 Å². The number of anilines is 2. The molecule has 0 N–H and O–H groups in total. The third kappa shape index (κ3) is 4.52.